The van der Waals surface area contributed by atoms with Gasteiger partial charge >= 0.3 is 5.97 Å². The number of para-hydroxylation sites is 1. The second kappa shape index (κ2) is 9.63. The molecule has 4 rings (SSSR count). The fourth-order valence-electron chi connectivity index (χ4n) is 4.14. The fraction of sp³-hybridized carbons (Fsp3) is 0.222. The molecule has 4 heteroatoms. The highest BCUT2D eigenvalue weighted by Crippen LogP contribution is 2.28. The first kappa shape index (κ1) is 20.9. The highest BCUT2D eigenvalue weighted by Gasteiger charge is 2.22. The third-order valence-corrected chi connectivity index (χ3v) is 5.80. The number of carboxylic acid groups (broad SMARTS) is 1. The minimum atomic E-state index is -0.888. The van der Waals surface area contributed by atoms with E-state index in [9.17, 15) is 9.90 Å². The number of carboxylic acids is 1. The summed E-state index contributed by atoms with van der Waals surface area (Å²) in [6, 6.07) is 28.7. The van der Waals surface area contributed by atoms with Crippen LogP contribution in [0.4, 0.5) is 0 Å². The molecule has 4 aromatic rings. The summed E-state index contributed by atoms with van der Waals surface area (Å²) in [5.74, 6) is -0.888. The van der Waals surface area contributed by atoms with Gasteiger partial charge in [0.1, 0.15) is 5.69 Å². The summed E-state index contributed by atoms with van der Waals surface area (Å²) in [5, 5.41) is 14.7. The van der Waals surface area contributed by atoms with E-state index in [1.54, 1.807) is 0 Å². The molecular formula is C27H28N2O2. The number of nitrogens with zero attached hydrogens (tertiary/aromatic N) is 1. The van der Waals surface area contributed by atoms with Crippen LogP contribution in [0.5, 0.6) is 0 Å². The van der Waals surface area contributed by atoms with E-state index in [2.05, 4.69) is 36.5 Å². The molecule has 0 unspecified atom stereocenters. The molecule has 0 saturated heterocycles. The zero-order valence-electron chi connectivity index (χ0n) is 17.8. The maximum absolute atomic E-state index is 12.3. The fourth-order valence-corrected chi connectivity index (χ4v) is 4.14. The smallest absolute Gasteiger partial charge is 0.352 e. The van der Waals surface area contributed by atoms with Crippen molar-refractivity contribution in [3.63, 3.8) is 0 Å². The number of nitrogens with one attached hydrogen (secondary N) is 1. The summed E-state index contributed by atoms with van der Waals surface area (Å²) in [6.07, 6.45) is 1.99. The number of rotatable bonds is 9. The summed E-state index contributed by atoms with van der Waals surface area (Å²) in [5.41, 5.74) is 4.58. The summed E-state index contributed by atoms with van der Waals surface area (Å²) in [7, 11) is 0. The highest BCUT2D eigenvalue weighted by molar-refractivity contribution is 5.98. The lowest BCUT2D eigenvalue weighted by atomic mass is 10.1. The third kappa shape index (κ3) is 4.86. The minimum absolute atomic E-state index is 0.276. The van der Waals surface area contributed by atoms with Crippen molar-refractivity contribution in [2.24, 2.45) is 0 Å². The molecule has 0 bridgehead atoms. The van der Waals surface area contributed by atoms with Gasteiger partial charge in [0.15, 0.2) is 0 Å². The normalized spacial score (nSPS) is 12.2. The Kier molecular flexibility index (Phi) is 6.48. The number of aromatic nitrogens is 1. The van der Waals surface area contributed by atoms with Crippen LogP contribution in [0.15, 0.2) is 84.9 Å². The SMILES string of the molecule is C[C@@H](CCc1ccccc1)NCc1c(C(=O)O)n(Cc2ccccc2)c2ccccc12. The molecule has 0 aliphatic carbocycles. The third-order valence-electron chi connectivity index (χ3n) is 5.80. The van der Waals surface area contributed by atoms with Crippen LogP contribution in [-0.4, -0.2) is 21.7 Å². The first-order valence-electron chi connectivity index (χ1n) is 10.8. The van der Waals surface area contributed by atoms with Gasteiger partial charge in [-0.05, 0) is 37.0 Å². The molecule has 158 valence electrons. The van der Waals surface area contributed by atoms with E-state index < -0.39 is 5.97 Å². The summed E-state index contributed by atoms with van der Waals surface area (Å²) in [6.45, 7) is 3.22. The predicted molar refractivity (Wildman–Crippen MR) is 126 cm³/mol. The molecule has 0 radical (unpaired) electrons. The van der Waals surface area contributed by atoms with Crippen molar-refractivity contribution >= 4 is 16.9 Å². The van der Waals surface area contributed by atoms with E-state index in [0.717, 1.165) is 34.9 Å². The Bertz CT molecular complexity index is 1150. The van der Waals surface area contributed by atoms with Crippen molar-refractivity contribution in [1.29, 1.82) is 0 Å². The molecule has 4 nitrogen and oxygen atoms in total. The number of hydrogen-bond acceptors (Lipinski definition) is 2. The predicted octanol–water partition coefficient (Wildman–Crippen LogP) is 5.50. The van der Waals surface area contributed by atoms with Gasteiger partial charge in [-0.25, -0.2) is 4.79 Å². The number of aromatic carboxylic acids is 1. The Hall–Kier alpha value is -3.37. The van der Waals surface area contributed by atoms with Gasteiger partial charge in [0.25, 0.3) is 0 Å². The Morgan fingerprint density at radius 3 is 2.19 bits per heavy atom. The Labute approximate surface area is 183 Å². The average Bonchev–Trinajstić information content (AvgIpc) is 3.11. The monoisotopic (exact) mass is 412 g/mol. The van der Waals surface area contributed by atoms with Crippen molar-refractivity contribution in [3.8, 4) is 0 Å². The van der Waals surface area contributed by atoms with Crippen LogP contribution in [0, 0.1) is 0 Å². The zero-order chi connectivity index (χ0) is 21.6. The Morgan fingerprint density at radius 2 is 1.52 bits per heavy atom. The molecule has 1 atom stereocenters. The standard InChI is InChI=1S/C27H28N2O2/c1-20(16-17-21-10-4-2-5-11-21)28-18-24-23-14-8-9-15-25(23)29(26(24)27(30)31)19-22-12-6-3-7-13-22/h2-15,20,28H,16-19H2,1H3,(H,30,31)/t20-/m0/s1. The van der Waals surface area contributed by atoms with E-state index in [0.29, 0.717) is 18.8 Å². The van der Waals surface area contributed by atoms with Gasteiger partial charge < -0.3 is 15.0 Å². The highest BCUT2D eigenvalue weighted by atomic mass is 16.4. The minimum Gasteiger partial charge on any atom is -0.477 e. The van der Waals surface area contributed by atoms with Gasteiger partial charge in [-0.15, -0.1) is 0 Å². The van der Waals surface area contributed by atoms with Gasteiger partial charge in [0.05, 0.1) is 0 Å². The Balaban J connectivity index is 1.58. The van der Waals surface area contributed by atoms with Crippen molar-refractivity contribution in [2.45, 2.75) is 38.9 Å². The van der Waals surface area contributed by atoms with E-state index in [4.69, 9.17) is 0 Å². The summed E-state index contributed by atoms with van der Waals surface area (Å²) >= 11 is 0. The van der Waals surface area contributed by atoms with Gasteiger partial charge in [-0.3, -0.25) is 0 Å². The molecule has 2 N–H and O–H groups in total. The van der Waals surface area contributed by atoms with E-state index >= 15 is 0 Å². The van der Waals surface area contributed by atoms with Crippen LogP contribution >= 0.6 is 0 Å². The zero-order valence-corrected chi connectivity index (χ0v) is 17.8. The van der Waals surface area contributed by atoms with Crippen molar-refractivity contribution in [3.05, 3.63) is 107 Å². The average molecular weight is 413 g/mol. The first-order valence-corrected chi connectivity index (χ1v) is 10.8. The molecule has 0 amide bonds. The number of aryl methyl sites for hydroxylation is 1. The topological polar surface area (TPSA) is 54.3 Å². The molecule has 0 spiro atoms. The lowest BCUT2D eigenvalue weighted by Crippen LogP contribution is -2.27. The molecule has 0 fully saturated rings. The molecule has 0 saturated carbocycles. The molecular weight excluding hydrogens is 384 g/mol. The van der Waals surface area contributed by atoms with Crippen molar-refractivity contribution in [2.75, 3.05) is 0 Å². The number of fused-ring (bicyclic) bond motifs is 1. The first-order chi connectivity index (χ1) is 15.1. The van der Waals surface area contributed by atoms with Crippen LogP contribution < -0.4 is 5.32 Å². The lowest BCUT2D eigenvalue weighted by molar-refractivity contribution is 0.0684. The van der Waals surface area contributed by atoms with Gasteiger partial charge in [-0.1, -0.05) is 78.9 Å². The van der Waals surface area contributed by atoms with Gasteiger partial charge in [0, 0.05) is 35.6 Å². The number of hydrogen-bond donors (Lipinski definition) is 2. The van der Waals surface area contributed by atoms with Crippen molar-refractivity contribution in [1.82, 2.24) is 9.88 Å². The van der Waals surface area contributed by atoms with E-state index in [1.165, 1.54) is 5.56 Å². The maximum atomic E-state index is 12.3. The second-order valence-corrected chi connectivity index (χ2v) is 8.03. The van der Waals surface area contributed by atoms with E-state index in [-0.39, 0.29) is 6.04 Å². The van der Waals surface area contributed by atoms with Gasteiger partial charge in [0.2, 0.25) is 0 Å². The molecule has 1 heterocycles. The molecule has 0 aliphatic heterocycles. The van der Waals surface area contributed by atoms with Gasteiger partial charge in [-0.2, -0.15) is 0 Å². The molecule has 0 aliphatic rings. The second-order valence-electron chi connectivity index (χ2n) is 8.03. The van der Waals surface area contributed by atoms with Crippen molar-refractivity contribution < 1.29 is 9.90 Å². The number of carbonyl (C=O) groups is 1. The van der Waals surface area contributed by atoms with Crippen LogP contribution in [0.1, 0.15) is 40.5 Å². The van der Waals surface area contributed by atoms with Crippen LogP contribution in [-0.2, 0) is 19.5 Å². The van der Waals surface area contributed by atoms with Crippen LogP contribution in [0.25, 0.3) is 10.9 Å². The summed E-state index contributed by atoms with van der Waals surface area (Å²) in [4.78, 5) is 12.3. The maximum Gasteiger partial charge on any atom is 0.352 e. The van der Waals surface area contributed by atoms with Crippen LogP contribution in [0.3, 0.4) is 0 Å². The molecule has 1 aromatic heterocycles. The van der Waals surface area contributed by atoms with E-state index in [1.807, 2.05) is 65.2 Å². The summed E-state index contributed by atoms with van der Waals surface area (Å²) < 4.78 is 1.93. The molecule has 3 aromatic carbocycles. The lowest BCUT2D eigenvalue weighted by Gasteiger charge is -2.14. The largest absolute Gasteiger partial charge is 0.477 e. The quantitative estimate of drug-likeness (QED) is 0.382. The van der Waals surface area contributed by atoms with Crippen LogP contribution in [0.2, 0.25) is 0 Å². The Morgan fingerprint density at radius 1 is 0.903 bits per heavy atom. The number of benzene rings is 3. The molecule has 31 heavy (non-hydrogen) atoms.